The van der Waals surface area contributed by atoms with Gasteiger partial charge >= 0.3 is 0 Å². The zero-order valence-electron chi connectivity index (χ0n) is 23.7. The number of benzene rings is 2. The van der Waals surface area contributed by atoms with Gasteiger partial charge in [0.05, 0.1) is 41.3 Å². The van der Waals surface area contributed by atoms with Gasteiger partial charge in [0.2, 0.25) is 11.8 Å². The normalized spacial score (nSPS) is 28.4. The molecule has 0 aromatic heterocycles. The van der Waals surface area contributed by atoms with Gasteiger partial charge in [0, 0.05) is 25.0 Å². The lowest BCUT2D eigenvalue weighted by Gasteiger charge is -2.40. The Kier molecular flexibility index (Phi) is 8.67. The Labute approximate surface area is 259 Å². The quantitative estimate of drug-likeness (QED) is 0.305. The van der Waals surface area contributed by atoms with E-state index in [-0.39, 0.29) is 17.3 Å². The maximum absolute atomic E-state index is 14.9. The smallest absolute Gasteiger partial charge is 0.253 e. The lowest BCUT2D eigenvalue weighted by molar-refractivity contribution is -0.147. The Bertz CT molecular complexity index is 1390. The SMILES string of the molecule is C=CCN(C)C(=O)[C@H]1[C@H]2C(=O)N([C@H](CO)c3ccccc3)C(C(=O)N(CC=C)c3c(C)cccc3Cl)C23CC(Br)[C@@H]1O3. The molecular weight excluding hydrogens is 622 g/mol. The van der Waals surface area contributed by atoms with Crippen molar-refractivity contribution in [3.8, 4) is 0 Å². The lowest BCUT2D eigenvalue weighted by Crippen LogP contribution is -2.58. The van der Waals surface area contributed by atoms with E-state index in [0.717, 1.165) is 5.56 Å². The number of amides is 3. The number of ether oxygens (including phenoxy) is 1. The van der Waals surface area contributed by atoms with Gasteiger partial charge in [-0.25, -0.2) is 0 Å². The molecule has 0 saturated carbocycles. The van der Waals surface area contributed by atoms with Gasteiger partial charge in [0.1, 0.15) is 11.6 Å². The summed E-state index contributed by atoms with van der Waals surface area (Å²) >= 11 is 10.4. The number of likely N-dealkylation sites (N-methyl/N-ethyl adjacent to an activating group) is 1. The van der Waals surface area contributed by atoms with Crippen molar-refractivity contribution in [2.24, 2.45) is 11.8 Å². The first kappa shape index (κ1) is 30.5. The molecule has 3 saturated heterocycles. The summed E-state index contributed by atoms with van der Waals surface area (Å²) in [6.07, 6.45) is 2.97. The number of carbonyl (C=O) groups excluding carboxylic acids is 3. The number of para-hydroxylation sites is 1. The van der Waals surface area contributed by atoms with Gasteiger partial charge in [-0.3, -0.25) is 14.4 Å². The molecule has 0 aliphatic carbocycles. The zero-order valence-corrected chi connectivity index (χ0v) is 26.0. The molecule has 3 unspecified atom stereocenters. The molecule has 3 aliphatic heterocycles. The van der Waals surface area contributed by atoms with E-state index in [4.69, 9.17) is 16.3 Å². The van der Waals surface area contributed by atoms with Crippen molar-refractivity contribution in [1.82, 2.24) is 9.80 Å². The van der Waals surface area contributed by atoms with Gasteiger partial charge in [-0.05, 0) is 30.5 Å². The highest BCUT2D eigenvalue weighted by molar-refractivity contribution is 9.09. The molecule has 1 N–H and O–H groups in total. The molecule has 3 fully saturated rings. The highest BCUT2D eigenvalue weighted by Crippen LogP contribution is 2.61. The lowest BCUT2D eigenvalue weighted by atomic mass is 9.70. The number of likely N-dealkylation sites (tertiary alicyclic amines) is 1. The van der Waals surface area contributed by atoms with Crippen molar-refractivity contribution in [2.45, 2.75) is 42.0 Å². The number of anilines is 1. The summed E-state index contributed by atoms with van der Waals surface area (Å²) in [5.41, 5.74) is 0.652. The van der Waals surface area contributed by atoms with E-state index in [1.807, 2.05) is 49.4 Å². The molecule has 3 amide bonds. The molecule has 5 rings (SSSR count). The minimum atomic E-state index is -1.31. The third-order valence-electron chi connectivity index (χ3n) is 8.75. The third kappa shape index (κ3) is 4.71. The van der Waals surface area contributed by atoms with Gasteiger partial charge in [-0.15, -0.1) is 13.2 Å². The van der Waals surface area contributed by atoms with Crippen LogP contribution in [0.4, 0.5) is 5.69 Å². The van der Waals surface area contributed by atoms with Crippen LogP contribution in [0.15, 0.2) is 73.8 Å². The van der Waals surface area contributed by atoms with E-state index in [1.165, 1.54) is 14.7 Å². The van der Waals surface area contributed by atoms with Crippen molar-refractivity contribution in [3.63, 3.8) is 0 Å². The second-order valence-corrected chi connectivity index (χ2v) is 12.8. The van der Waals surface area contributed by atoms with E-state index in [9.17, 15) is 19.5 Å². The van der Waals surface area contributed by atoms with E-state index < -0.39 is 54.0 Å². The van der Waals surface area contributed by atoms with Crippen LogP contribution < -0.4 is 4.90 Å². The molecule has 1 spiro atoms. The summed E-state index contributed by atoms with van der Waals surface area (Å²) in [5, 5.41) is 11.1. The average molecular weight is 657 g/mol. The van der Waals surface area contributed by atoms with Crippen LogP contribution in [0, 0.1) is 18.8 Å². The number of aryl methyl sites for hydroxylation is 1. The van der Waals surface area contributed by atoms with Crippen LogP contribution in [0.25, 0.3) is 0 Å². The highest BCUT2D eigenvalue weighted by atomic mass is 79.9. The predicted octanol–water partition coefficient (Wildman–Crippen LogP) is 4.29. The van der Waals surface area contributed by atoms with Crippen molar-refractivity contribution in [2.75, 3.05) is 31.6 Å². The maximum Gasteiger partial charge on any atom is 0.253 e. The van der Waals surface area contributed by atoms with Gasteiger partial charge in [0.15, 0.2) is 0 Å². The Balaban J connectivity index is 1.69. The molecule has 222 valence electrons. The first-order chi connectivity index (χ1) is 20.1. The fourth-order valence-electron chi connectivity index (χ4n) is 7.07. The molecule has 10 heteroatoms. The number of aliphatic hydroxyl groups is 1. The fraction of sp³-hybridized carbons (Fsp3) is 0.406. The second kappa shape index (κ2) is 12.0. The van der Waals surface area contributed by atoms with Crippen molar-refractivity contribution in [3.05, 3.63) is 90.0 Å². The van der Waals surface area contributed by atoms with Crippen LogP contribution in [0.1, 0.15) is 23.6 Å². The van der Waals surface area contributed by atoms with Crippen LogP contribution in [0.3, 0.4) is 0 Å². The van der Waals surface area contributed by atoms with Crippen LogP contribution >= 0.6 is 27.5 Å². The Morgan fingerprint density at radius 3 is 2.48 bits per heavy atom. The topological polar surface area (TPSA) is 90.4 Å². The van der Waals surface area contributed by atoms with E-state index in [0.29, 0.717) is 29.2 Å². The molecule has 3 heterocycles. The monoisotopic (exact) mass is 655 g/mol. The van der Waals surface area contributed by atoms with E-state index in [2.05, 4.69) is 29.1 Å². The Morgan fingerprint density at radius 1 is 1.17 bits per heavy atom. The standard InChI is InChI=1S/C32H35BrClN3O5/c1-5-15-35(4)29(39)24-25-30(40)37(23(18-38)20-12-8-7-9-13-20)28(32(25)17-21(33)27(24)42-32)31(41)36(16-6-2)26-19(3)11-10-14-22(26)34/h5-14,21,23-25,27-28,38H,1-2,15-18H2,3-4H3/t21?,23-,24+,25+,27+,28?,32?/m1/s1. The highest BCUT2D eigenvalue weighted by Gasteiger charge is 2.77. The molecule has 2 aromatic carbocycles. The van der Waals surface area contributed by atoms with Crippen molar-refractivity contribution >= 4 is 50.9 Å². The van der Waals surface area contributed by atoms with Gasteiger partial charge < -0.3 is 24.5 Å². The number of hydrogen-bond donors (Lipinski definition) is 1. The molecule has 0 radical (unpaired) electrons. The molecule has 2 aromatic rings. The third-order valence-corrected chi connectivity index (χ3v) is 9.90. The van der Waals surface area contributed by atoms with Crippen LogP contribution in [-0.4, -0.2) is 81.9 Å². The number of alkyl halides is 1. The molecule has 7 atom stereocenters. The molecule has 3 aliphatic rings. The van der Waals surface area contributed by atoms with Gasteiger partial charge in [-0.2, -0.15) is 0 Å². The van der Waals surface area contributed by atoms with Gasteiger partial charge in [0.25, 0.3) is 5.91 Å². The molecular formula is C32H35BrClN3O5. The van der Waals surface area contributed by atoms with Crippen molar-refractivity contribution < 1.29 is 24.2 Å². The largest absolute Gasteiger partial charge is 0.394 e. The summed E-state index contributed by atoms with van der Waals surface area (Å²) in [5.74, 6) is -2.78. The summed E-state index contributed by atoms with van der Waals surface area (Å²) in [6, 6.07) is 12.5. The minimum Gasteiger partial charge on any atom is -0.394 e. The number of aliphatic hydroxyl groups excluding tert-OH is 1. The molecule has 8 nitrogen and oxygen atoms in total. The van der Waals surface area contributed by atoms with Crippen LogP contribution in [0.5, 0.6) is 0 Å². The summed E-state index contributed by atoms with van der Waals surface area (Å²) in [6.45, 7) is 9.48. The zero-order chi connectivity index (χ0) is 30.3. The number of rotatable bonds is 10. The average Bonchev–Trinajstić information content (AvgIpc) is 3.56. The first-order valence-corrected chi connectivity index (χ1v) is 15.2. The van der Waals surface area contributed by atoms with Crippen LogP contribution in [-0.2, 0) is 19.1 Å². The van der Waals surface area contributed by atoms with Crippen molar-refractivity contribution in [1.29, 1.82) is 0 Å². The Hall–Kier alpha value is -2.98. The fourth-order valence-corrected chi connectivity index (χ4v) is 8.33. The van der Waals surface area contributed by atoms with Gasteiger partial charge in [-0.1, -0.05) is 82.1 Å². The number of carbonyl (C=O) groups is 3. The summed E-state index contributed by atoms with van der Waals surface area (Å²) in [4.78, 5) is 47.6. The second-order valence-electron chi connectivity index (χ2n) is 11.2. The summed E-state index contributed by atoms with van der Waals surface area (Å²) in [7, 11) is 1.66. The number of nitrogens with zero attached hydrogens (tertiary/aromatic N) is 3. The summed E-state index contributed by atoms with van der Waals surface area (Å²) < 4.78 is 6.68. The first-order valence-electron chi connectivity index (χ1n) is 14.0. The van der Waals surface area contributed by atoms with E-state index in [1.54, 1.807) is 25.3 Å². The maximum atomic E-state index is 14.9. The van der Waals surface area contributed by atoms with E-state index >= 15 is 0 Å². The molecule has 2 bridgehead atoms. The molecule has 42 heavy (non-hydrogen) atoms. The number of halogens is 2. The number of fused-ring (bicyclic) bond motifs is 1. The Morgan fingerprint density at radius 2 is 1.86 bits per heavy atom. The van der Waals surface area contributed by atoms with Crippen LogP contribution in [0.2, 0.25) is 5.02 Å². The number of hydrogen-bond acceptors (Lipinski definition) is 5. The minimum absolute atomic E-state index is 0.128. The predicted molar refractivity (Wildman–Crippen MR) is 165 cm³/mol.